The molecule has 2 saturated carbocycles. The van der Waals surface area contributed by atoms with Crippen LogP contribution in [0.2, 0.25) is 0 Å². The molecule has 1 saturated heterocycles. The van der Waals surface area contributed by atoms with Crippen LogP contribution in [0.1, 0.15) is 53.4 Å². The molecule has 26 heavy (non-hydrogen) atoms. The smallest absolute Gasteiger partial charge is 0.334 e. The van der Waals surface area contributed by atoms with Gasteiger partial charge in [0.1, 0.15) is 5.78 Å². The van der Waals surface area contributed by atoms with Crippen molar-refractivity contribution >= 4 is 11.8 Å². The van der Waals surface area contributed by atoms with Gasteiger partial charge in [-0.1, -0.05) is 34.1 Å². The number of Topliss-reactive ketones (excluding diaryl/α,β-unsaturated/α-hetero) is 1. The van der Waals surface area contributed by atoms with Crippen LogP contribution in [0, 0.1) is 35.0 Å². The minimum Gasteiger partial charge on any atom is -0.466 e. The van der Waals surface area contributed by atoms with Crippen LogP contribution in [0.5, 0.6) is 0 Å². The molecule has 3 fully saturated rings. The fraction of sp³-hybridized carbons (Fsp3) is 0.810. The van der Waals surface area contributed by atoms with E-state index >= 15 is 0 Å². The van der Waals surface area contributed by atoms with Crippen molar-refractivity contribution in [2.24, 2.45) is 35.0 Å². The lowest BCUT2D eigenvalue weighted by Crippen LogP contribution is -2.77. The molecule has 2 heterocycles. The zero-order valence-electron chi connectivity index (χ0n) is 16.4. The zero-order valence-corrected chi connectivity index (χ0v) is 16.4. The average Bonchev–Trinajstić information content (AvgIpc) is 2.55. The van der Waals surface area contributed by atoms with Crippen molar-refractivity contribution in [1.29, 1.82) is 0 Å². The quantitative estimate of drug-likeness (QED) is 0.765. The first-order valence-electron chi connectivity index (χ1n) is 9.87. The Morgan fingerprint density at radius 1 is 1.38 bits per heavy atom. The first-order chi connectivity index (χ1) is 12.1. The van der Waals surface area contributed by atoms with E-state index in [2.05, 4.69) is 6.92 Å². The fourth-order valence-electron chi connectivity index (χ4n) is 6.70. The molecule has 0 aromatic rings. The number of aliphatic hydroxyl groups is 1. The van der Waals surface area contributed by atoms with Crippen LogP contribution in [0.3, 0.4) is 0 Å². The van der Waals surface area contributed by atoms with E-state index in [0.717, 1.165) is 19.3 Å². The topological polar surface area (TPSA) is 72.8 Å². The SMILES string of the molecule is COC(=O)C1=C[C@]23C[C@@H](C)CC[C@@H]2[C@@]2(C)C(=O)C[C@@H](C(C)C)[C@@](O)(O3)[C@@H]12. The van der Waals surface area contributed by atoms with Gasteiger partial charge in [-0.15, -0.1) is 0 Å². The molecule has 0 amide bonds. The summed E-state index contributed by atoms with van der Waals surface area (Å²) in [6.07, 6.45) is 4.85. The molecule has 5 heteroatoms. The van der Waals surface area contributed by atoms with E-state index in [1.54, 1.807) is 0 Å². The van der Waals surface area contributed by atoms with Crippen molar-refractivity contribution in [3.05, 3.63) is 11.6 Å². The highest BCUT2D eigenvalue weighted by Gasteiger charge is 2.76. The molecule has 1 N–H and O–H groups in total. The molecule has 1 spiro atoms. The van der Waals surface area contributed by atoms with Crippen LogP contribution in [0.15, 0.2) is 11.6 Å². The normalized spacial score (nSPS) is 49.7. The number of carbonyl (C=O) groups excluding carboxylic acids is 2. The molecule has 7 atom stereocenters. The molecular weight excluding hydrogens is 332 g/mol. The highest BCUT2D eigenvalue weighted by atomic mass is 16.6. The summed E-state index contributed by atoms with van der Waals surface area (Å²) in [7, 11) is 1.36. The third-order valence-corrected chi connectivity index (χ3v) is 7.77. The summed E-state index contributed by atoms with van der Waals surface area (Å²) in [5.74, 6) is -2.27. The van der Waals surface area contributed by atoms with Crippen molar-refractivity contribution in [3.63, 3.8) is 0 Å². The van der Waals surface area contributed by atoms with Gasteiger partial charge in [-0.25, -0.2) is 4.79 Å². The number of ether oxygens (including phenoxy) is 2. The summed E-state index contributed by atoms with van der Waals surface area (Å²) in [6.45, 7) is 8.13. The number of rotatable bonds is 2. The Balaban J connectivity index is 1.97. The summed E-state index contributed by atoms with van der Waals surface area (Å²) >= 11 is 0. The second kappa shape index (κ2) is 5.41. The van der Waals surface area contributed by atoms with Gasteiger partial charge in [0.2, 0.25) is 0 Å². The second-order valence-electron chi connectivity index (χ2n) is 9.53. The zero-order chi connectivity index (χ0) is 19.1. The molecular formula is C21H30O5. The second-order valence-corrected chi connectivity index (χ2v) is 9.53. The Morgan fingerprint density at radius 3 is 2.69 bits per heavy atom. The van der Waals surface area contributed by atoms with Crippen molar-refractivity contribution in [1.82, 2.24) is 0 Å². The Labute approximate surface area is 155 Å². The Hall–Kier alpha value is -1.20. The molecule has 0 unspecified atom stereocenters. The summed E-state index contributed by atoms with van der Waals surface area (Å²) in [5.41, 5.74) is -1.10. The molecule has 2 aliphatic heterocycles. The number of methoxy groups -OCH3 is 1. The van der Waals surface area contributed by atoms with Crippen LogP contribution in [0.4, 0.5) is 0 Å². The van der Waals surface area contributed by atoms with Crippen LogP contribution in [-0.4, -0.2) is 35.4 Å². The minimum atomic E-state index is -1.50. The summed E-state index contributed by atoms with van der Waals surface area (Å²) in [6, 6.07) is 0. The predicted octanol–water partition coefficient (Wildman–Crippen LogP) is 2.86. The largest absolute Gasteiger partial charge is 0.466 e. The minimum absolute atomic E-state index is 0.00509. The number of hydrogen-bond acceptors (Lipinski definition) is 5. The lowest BCUT2D eigenvalue weighted by Gasteiger charge is -2.70. The van der Waals surface area contributed by atoms with Crippen LogP contribution in [0.25, 0.3) is 0 Å². The average molecular weight is 362 g/mol. The van der Waals surface area contributed by atoms with E-state index in [-0.39, 0.29) is 23.5 Å². The summed E-state index contributed by atoms with van der Waals surface area (Å²) < 4.78 is 11.6. The van der Waals surface area contributed by atoms with E-state index in [1.807, 2.05) is 26.8 Å². The molecule has 0 aromatic carbocycles. The van der Waals surface area contributed by atoms with Gasteiger partial charge in [0.15, 0.2) is 5.79 Å². The van der Waals surface area contributed by atoms with Gasteiger partial charge in [0, 0.05) is 29.2 Å². The highest BCUT2D eigenvalue weighted by molar-refractivity contribution is 5.95. The van der Waals surface area contributed by atoms with Gasteiger partial charge in [-0.05, 0) is 30.8 Å². The third-order valence-electron chi connectivity index (χ3n) is 7.77. The highest BCUT2D eigenvalue weighted by Crippen LogP contribution is 2.69. The third kappa shape index (κ3) is 1.99. The predicted molar refractivity (Wildman–Crippen MR) is 94.9 cm³/mol. The molecule has 5 aliphatic rings. The number of esters is 1. The van der Waals surface area contributed by atoms with Crippen molar-refractivity contribution in [2.45, 2.75) is 64.8 Å². The van der Waals surface area contributed by atoms with Crippen molar-refractivity contribution in [3.8, 4) is 0 Å². The Morgan fingerprint density at radius 2 is 2.08 bits per heavy atom. The standard InChI is InChI=1S/C21H30O5/c1-11(2)14-8-16(22)19(4)15-7-6-12(3)9-20(15)10-13(18(23)25-5)17(19)21(14,24)26-20/h10-12,14-15,17,24H,6-9H2,1-5H3/t12-,14-,15+,17-,19-,20+,21+/m0/s1. The van der Waals surface area contributed by atoms with Gasteiger partial charge in [-0.2, -0.15) is 0 Å². The summed E-state index contributed by atoms with van der Waals surface area (Å²) in [5, 5.41) is 11.8. The van der Waals surface area contributed by atoms with Crippen LogP contribution < -0.4 is 0 Å². The van der Waals surface area contributed by atoms with Gasteiger partial charge in [-0.3, -0.25) is 4.79 Å². The first-order valence-corrected chi connectivity index (χ1v) is 9.87. The first kappa shape index (κ1) is 18.2. The van der Waals surface area contributed by atoms with Gasteiger partial charge in [0.05, 0.1) is 18.6 Å². The van der Waals surface area contributed by atoms with Crippen molar-refractivity contribution < 1.29 is 24.2 Å². The van der Waals surface area contributed by atoms with Gasteiger partial charge < -0.3 is 14.6 Å². The molecule has 3 aliphatic carbocycles. The molecule has 0 radical (unpaired) electrons. The number of carbonyl (C=O) groups is 2. The summed E-state index contributed by atoms with van der Waals surface area (Å²) in [4.78, 5) is 26.1. The van der Waals surface area contributed by atoms with E-state index in [0.29, 0.717) is 17.9 Å². The maximum absolute atomic E-state index is 13.4. The van der Waals surface area contributed by atoms with Crippen molar-refractivity contribution in [2.75, 3.05) is 7.11 Å². The van der Waals surface area contributed by atoms with E-state index in [1.165, 1.54) is 7.11 Å². The molecule has 0 aromatic heterocycles. The number of hydrogen-bond donors (Lipinski definition) is 1. The van der Waals surface area contributed by atoms with E-state index in [9.17, 15) is 14.7 Å². The lowest BCUT2D eigenvalue weighted by molar-refractivity contribution is -0.391. The van der Waals surface area contributed by atoms with E-state index < -0.39 is 28.7 Å². The molecule has 5 rings (SSSR count). The lowest BCUT2D eigenvalue weighted by atomic mass is 9.42. The Bertz CT molecular complexity index is 697. The Kier molecular flexibility index (Phi) is 3.79. The van der Waals surface area contributed by atoms with E-state index in [4.69, 9.17) is 9.47 Å². The van der Waals surface area contributed by atoms with Crippen LogP contribution in [-0.2, 0) is 19.1 Å². The maximum atomic E-state index is 13.4. The van der Waals surface area contributed by atoms with Gasteiger partial charge >= 0.3 is 5.97 Å². The molecule has 5 nitrogen and oxygen atoms in total. The maximum Gasteiger partial charge on any atom is 0.334 e. The van der Waals surface area contributed by atoms with Crippen LogP contribution >= 0.6 is 0 Å². The molecule has 144 valence electrons. The fourth-order valence-corrected chi connectivity index (χ4v) is 6.70. The van der Waals surface area contributed by atoms with Gasteiger partial charge in [0.25, 0.3) is 0 Å². The number of ketones is 1. The monoisotopic (exact) mass is 362 g/mol. The molecule has 4 bridgehead atoms.